The molecule has 0 saturated carbocycles. The number of benzene rings is 2. The molecule has 19 heavy (non-hydrogen) atoms. The number of para-hydroxylation sites is 1. The second kappa shape index (κ2) is 6.37. The van der Waals surface area contributed by atoms with Crippen LogP contribution in [0, 0.1) is 11.3 Å². The van der Waals surface area contributed by atoms with Gasteiger partial charge in [-0.25, -0.2) is 0 Å². The van der Waals surface area contributed by atoms with Gasteiger partial charge in [0.25, 0.3) is 0 Å². The van der Waals surface area contributed by atoms with E-state index in [0.29, 0.717) is 17.1 Å². The third kappa shape index (κ3) is 3.34. The molecule has 3 nitrogen and oxygen atoms in total. The van der Waals surface area contributed by atoms with Crippen LogP contribution in [0.25, 0.3) is 0 Å². The molecule has 1 N–H and O–H groups in total. The molecule has 0 unspecified atom stereocenters. The first-order chi connectivity index (χ1) is 9.24. The summed E-state index contributed by atoms with van der Waals surface area (Å²) in [7, 11) is 1.87. The molecule has 0 radical (unpaired) electrons. The molecule has 2 aromatic carbocycles. The van der Waals surface area contributed by atoms with Gasteiger partial charge < -0.3 is 10.1 Å². The Labute approximate surface area is 121 Å². The van der Waals surface area contributed by atoms with Gasteiger partial charge in [0, 0.05) is 6.54 Å². The van der Waals surface area contributed by atoms with E-state index in [9.17, 15) is 5.26 Å². The van der Waals surface area contributed by atoms with Crippen molar-refractivity contribution in [3.63, 3.8) is 0 Å². The first-order valence-corrected chi connectivity index (χ1v) is 6.64. The number of nitrogens with zero attached hydrogens (tertiary/aromatic N) is 1. The number of rotatable bonds is 4. The zero-order valence-electron chi connectivity index (χ0n) is 10.5. The van der Waals surface area contributed by atoms with Crippen molar-refractivity contribution in [2.75, 3.05) is 7.05 Å². The Bertz CT molecular complexity index is 620. The Morgan fingerprint density at radius 2 is 2.00 bits per heavy atom. The van der Waals surface area contributed by atoms with Gasteiger partial charge in [0.15, 0.2) is 0 Å². The summed E-state index contributed by atoms with van der Waals surface area (Å²) in [4.78, 5) is 0. The third-order valence-corrected chi connectivity index (χ3v) is 3.26. The summed E-state index contributed by atoms with van der Waals surface area (Å²) in [5, 5.41) is 12.3. The van der Waals surface area contributed by atoms with Crippen molar-refractivity contribution in [1.29, 1.82) is 5.26 Å². The Kier molecular flexibility index (Phi) is 4.56. The summed E-state index contributed by atoms with van der Waals surface area (Å²) in [5.41, 5.74) is 1.59. The van der Waals surface area contributed by atoms with Crippen molar-refractivity contribution in [3.8, 4) is 17.6 Å². The van der Waals surface area contributed by atoms with E-state index in [4.69, 9.17) is 4.74 Å². The fraction of sp³-hybridized carbons (Fsp3) is 0.133. The maximum atomic E-state index is 9.20. The van der Waals surface area contributed by atoms with Crippen molar-refractivity contribution < 1.29 is 4.74 Å². The fourth-order valence-electron chi connectivity index (χ4n) is 1.71. The highest BCUT2D eigenvalue weighted by Crippen LogP contribution is 2.31. The minimum Gasteiger partial charge on any atom is -0.455 e. The van der Waals surface area contributed by atoms with Crippen LogP contribution in [-0.2, 0) is 6.54 Å². The monoisotopic (exact) mass is 316 g/mol. The molecule has 0 aliphatic rings. The lowest BCUT2D eigenvalue weighted by Crippen LogP contribution is -2.05. The summed E-state index contributed by atoms with van der Waals surface area (Å²) in [5.74, 6) is 1.26. The average Bonchev–Trinajstić information content (AvgIpc) is 2.43. The minimum atomic E-state index is 0.531. The standard InChI is InChI=1S/C15H13BrN2O/c1-18-10-11-6-7-14(12(8-11)9-17)19-15-5-3-2-4-13(15)16/h2-8,18H,10H2,1H3. The third-order valence-electron chi connectivity index (χ3n) is 2.60. The molecule has 0 amide bonds. The maximum Gasteiger partial charge on any atom is 0.145 e. The molecular weight excluding hydrogens is 304 g/mol. The van der Waals surface area contributed by atoms with Crippen LogP contribution in [0.15, 0.2) is 46.9 Å². The molecule has 0 saturated heterocycles. The number of hydrogen-bond acceptors (Lipinski definition) is 3. The number of hydrogen-bond donors (Lipinski definition) is 1. The highest BCUT2D eigenvalue weighted by molar-refractivity contribution is 9.10. The summed E-state index contributed by atoms with van der Waals surface area (Å²) in [6, 6.07) is 15.3. The van der Waals surface area contributed by atoms with Crippen LogP contribution < -0.4 is 10.1 Å². The van der Waals surface area contributed by atoms with Crippen LogP contribution in [0.3, 0.4) is 0 Å². The molecule has 0 aliphatic heterocycles. The maximum absolute atomic E-state index is 9.20. The molecule has 0 bridgehead atoms. The quantitative estimate of drug-likeness (QED) is 0.932. The Hall–Kier alpha value is -1.83. The van der Waals surface area contributed by atoms with Crippen molar-refractivity contribution in [2.24, 2.45) is 0 Å². The molecule has 0 fully saturated rings. The van der Waals surface area contributed by atoms with Gasteiger partial charge >= 0.3 is 0 Å². The largest absolute Gasteiger partial charge is 0.455 e. The lowest BCUT2D eigenvalue weighted by Gasteiger charge is -2.10. The SMILES string of the molecule is CNCc1ccc(Oc2ccccc2Br)c(C#N)c1. The normalized spacial score (nSPS) is 9.95. The highest BCUT2D eigenvalue weighted by Gasteiger charge is 2.07. The van der Waals surface area contributed by atoms with Crippen LogP contribution in [0.5, 0.6) is 11.5 Å². The molecule has 2 aromatic rings. The van der Waals surface area contributed by atoms with Crippen LogP contribution in [0.1, 0.15) is 11.1 Å². The van der Waals surface area contributed by atoms with Crippen LogP contribution in [0.2, 0.25) is 0 Å². The van der Waals surface area contributed by atoms with Crippen molar-refractivity contribution in [2.45, 2.75) is 6.54 Å². The van der Waals surface area contributed by atoms with Gasteiger partial charge in [0.1, 0.15) is 17.6 Å². The van der Waals surface area contributed by atoms with Gasteiger partial charge in [-0.2, -0.15) is 5.26 Å². The molecule has 0 spiro atoms. The summed E-state index contributed by atoms with van der Waals surface area (Å²) >= 11 is 3.42. The molecule has 0 aliphatic carbocycles. The molecule has 0 heterocycles. The average molecular weight is 317 g/mol. The number of ether oxygens (including phenoxy) is 1. The molecule has 4 heteroatoms. The van der Waals surface area contributed by atoms with E-state index in [2.05, 4.69) is 27.3 Å². The van der Waals surface area contributed by atoms with Gasteiger partial charge in [0.05, 0.1) is 10.0 Å². The van der Waals surface area contributed by atoms with Gasteiger partial charge in [-0.15, -0.1) is 0 Å². The summed E-state index contributed by atoms with van der Waals surface area (Å²) in [6.07, 6.45) is 0. The highest BCUT2D eigenvalue weighted by atomic mass is 79.9. The number of nitriles is 1. The zero-order chi connectivity index (χ0) is 13.7. The van der Waals surface area contributed by atoms with E-state index in [1.54, 1.807) is 0 Å². The summed E-state index contributed by atoms with van der Waals surface area (Å²) in [6.45, 7) is 0.726. The van der Waals surface area contributed by atoms with E-state index in [1.807, 2.05) is 49.5 Å². The van der Waals surface area contributed by atoms with Crippen molar-refractivity contribution >= 4 is 15.9 Å². The Balaban J connectivity index is 2.31. The first-order valence-electron chi connectivity index (χ1n) is 5.84. The van der Waals surface area contributed by atoms with Gasteiger partial charge in [-0.3, -0.25) is 0 Å². The van der Waals surface area contributed by atoms with Crippen molar-refractivity contribution in [1.82, 2.24) is 5.32 Å². The molecule has 2 rings (SSSR count). The molecular formula is C15H13BrN2O. The van der Waals surface area contributed by atoms with Gasteiger partial charge in [-0.05, 0) is 52.8 Å². The van der Waals surface area contributed by atoms with E-state index in [1.165, 1.54) is 0 Å². The molecule has 96 valence electrons. The van der Waals surface area contributed by atoms with Gasteiger partial charge in [-0.1, -0.05) is 18.2 Å². The Morgan fingerprint density at radius 1 is 1.21 bits per heavy atom. The fourth-order valence-corrected chi connectivity index (χ4v) is 2.08. The number of nitrogens with one attached hydrogen (secondary N) is 1. The zero-order valence-corrected chi connectivity index (χ0v) is 12.1. The predicted octanol–water partition coefficient (Wildman–Crippen LogP) is 3.83. The Morgan fingerprint density at radius 3 is 2.68 bits per heavy atom. The lowest BCUT2D eigenvalue weighted by molar-refractivity contribution is 0.478. The predicted molar refractivity (Wildman–Crippen MR) is 78.1 cm³/mol. The van der Waals surface area contributed by atoms with Crippen LogP contribution >= 0.6 is 15.9 Å². The lowest BCUT2D eigenvalue weighted by atomic mass is 10.1. The van der Waals surface area contributed by atoms with E-state index in [-0.39, 0.29) is 0 Å². The van der Waals surface area contributed by atoms with E-state index >= 15 is 0 Å². The van der Waals surface area contributed by atoms with E-state index < -0.39 is 0 Å². The molecule has 0 atom stereocenters. The summed E-state index contributed by atoms with van der Waals surface area (Å²) < 4.78 is 6.63. The van der Waals surface area contributed by atoms with Crippen LogP contribution in [0.4, 0.5) is 0 Å². The first kappa shape index (κ1) is 13.6. The smallest absolute Gasteiger partial charge is 0.145 e. The second-order valence-corrected chi connectivity index (χ2v) is 4.86. The van der Waals surface area contributed by atoms with Crippen molar-refractivity contribution in [3.05, 3.63) is 58.1 Å². The number of halogens is 1. The second-order valence-electron chi connectivity index (χ2n) is 4.01. The van der Waals surface area contributed by atoms with Crippen LogP contribution in [-0.4, -0.2) is 7.05 Å². The van der Waals surface area contributed by atoms with Gasteiger partial charge in [0.2, 0.25) is 0 Å². The molecule has 0 aromatic heterocycles. The van der Waals surface area contributed by atoms with E-state index in [0.717, 1.165) is 16.6 Å². The topological polar surface area (TPSA) is 45.0 Å². The minimum absolute atomic E-state index is 0.531.